The van der Waals surface area contributed by atoms with Gasteiger partial charge in [-0.05, 0) is 75.0 Å². The predicted molar refractivity (Wildman–Crippen MR) is 88.5 cm³/mol. The highest BCUT2D eigenvalue weighted by Gasteiger charge is 2.55. The van der Waals surface area contributed by atoms with Gasteiger partial charge in [-0.1, -0.05) is 13.8 Å². The topological polar surface area (TPSA) is 58.2 Å². The van der Waals surface area contributed by atoms with Crippen molar-refractivity contribution < 1.29 is 9.59 Å². The first kappa shape index (κ1) is 15.5. The number of rotatable bonds is 5. The molecule has 4 bridgehead atoms. The summed E-state index contributed by atoms with van der Waals surface area (Å²) in [6.07, 6.45) is 9.34. The molecule has 1 atom stereocenters. The van der Waals surface area contributed by atoms with Gasteiger partial charge in [-0.2, -0.15) is 0 Å². The lowest BCUT2D eigenvalue weighted by molar-refractivity contribution is -0.149. The maximum absolute atomic E-state index is 13.1. The Morgan fingerprint density at radius 2 is 1.48 bits per heavy atom. The Kier molecular flexibility index (Phi) is 3.69. The molecule has 5 rings (SSSR count). The minimum absolute atomic E-state index is 0.0144. The monoisotopic (exact) mass is 318 g/mol. The van der Waals surface area contributed by atoms with E-state index in [0.717, 1.165) is 49.9 Å². The Bertz CT molecular complexity index is 474. The van der Waals surface area contributed by atoms with Crippen molar-refractivity contribution in [3.05, 3.63) is 0 Å². The largest absolute Gasteiger partial charge is 0.352 e. The average molecular weight is 318 g/mol. The molecule has 0 aliphatic heterocycles. The van der Waals surface area contributed by atoms with Crippen LogP contribution in [0.2, 0.25) is 0 Å². The minimum atomic E-state index is -0.379. The molecule has 2 N–H and O–H groups in total. The molecular formula is C19H30N2O2. The van der Waals surface area contributed by atoms with E-state index in [-0.39, 0.29) is 29.2 Å². The van der Waals surface area contributed by atoms with Crippen LogP contribution in [0.3, 0.4) is 0 Å². The maximum Gasteiger partial charge on any atom is 0.243 e. The molecule has 5 fully saturated rings. The summed E-state index contributed by atoms with van der Waals surface area (Å²) in [6.45, 7) is 4.05. The molecule has 1 unspecified atom stereocenters. The van der Waals surface area contributed by atoms with Crippen molar-refractivity contribution in [2.24, 2.45) is 29.1 Å². The third-order valence-electron chi connectivity index (χ3n) is 6.68. The van der Waals surface area contributed by atoms with Crippen LogP contribution in [0.4, 0.5) is 0 Å². The van der Waals surface area contributed by atoms with Gasteiger partial charge in [0, 0.05) is 11.5 Å². The highest BCUT2D eigenvalue weighted by Crippen LogP contribution is 2.60. The molecular weight excluding hydrogens is 288 g/mol. The van der Waals surface area contributed by atoms with Crippen molar-refractivity contribution in [1.29, 1.82) is 0 Å². The van der Waals surface area contributed by atoms with Crippen LogP contribution in [0.5, 0.6) is 0 Å². The molecule has 23 heavy (non-hydrogen) atoms. The van der Waals surface area contributed by atoms with Gasteiger partial charge >= 0.3 is 0 Å². The summed E-state index contributed by atoms with van der Waals surface area (Å²) in [4.78, 5) is 25.6. The second-order valence-electron chi connectivity index (χ2n) is 9.18. The van der Waals surface area contributed by atoms with E-state index in [9.17, 15) is 9.59 Å². The van der Waals surface area contributed by atoms with Crippen LogP contribution in [0, 0.1) is 29.1 Å². The number of carbonyl (C=O) groups is 2. The lowest BCUT2D eigenvalue weighted by atomic mass is 9.49. The number of hydrogen-bond acceptors (Lipinski definition) is 2. The second-order valence-corrected chi connectivity index (χ2v) is 9.18. The van der Waals surface area contributed by atoms with Gasteiger partial charge in [-0.25, -0.2) is 0 Å². The molecule has 5 aliphatic carbocycles. The first-order valence-corrected chi connectivity index (χ1v) is 9.56. The van der Waals surface area contributed by atoms with E-state index in [1.807, 2.05) is 13.8 Å². The second kappa shape index (κ2) is 5.49. The van der Waals surface area contributed by atoms with E-state index in [0.29, 0.717) is 6.04 Å². The quantitative estimate of drug-likeness (QED) is 0.818. The molecule has 4 heteroatoms. The van der Waals surface area contributed by atoms with Crippen molar-refractivity contribution in [2.75, 3.05) is 0 Å². The zero-order valence-corrected chi connectivity index (χ0v) is 14.4. The standard InChI is InChI=1S/C19H30N2O2/c1-11(2)16(17(22)20-15-3-4-15)21-18(23)19-8-12-5-13(9-19)7-14(6-12)10-19/h11-16H,3-10H2,1-2H3,(H,20,22)(H,21,23). The number of nitrogens with one attached hydrogen (secondary N) is 2. The Morgan fingerprint density at radius 3 is 1.91 bits per heavy atom. The summed E-state index contributed by atoms with van der Waals surface area (Å²) < 4.78 is 0. The first-order valence-electron chi connectivity index (χ1n) is 9.56. The van der Waals surface area contributed by atoms with Gasteiger partial charge in [-0.3, -0.25) is 9.59 Å². The average Bonchev–Trinajstić information content (AvgIpc) is 3.26. The van der Waals surface area contributed by atoms with Crippen molar-refractivity contribution in [3.8, 4) is 0 Å². The highest BCUT2D eigenvalue weighted by atomic mass is 16.2. The van der Waals surface area contributed by atoms with Crippen molar-refractivity contribution in [3.63, 3.8) is 0 Å². The molecule has 0 heterocycles. The summed E-state index contributed by atoms with van der Waals surface area (Å²) in [6, 6.07) is -0.0312. The highest BCUT2D eigenvalue weighted by molar-refractivity contribution is 5.90. The van der Waals surface area contributed by atoms with Gasteiger partial charge in [-0.15, -0.1) is 0 Å². The summed E-state index contributed by atoms with van der Waals surface area (Å²) in [7, 11) is 0. The van der Waals surface area contributed by atoms with Crippen LogP contribution in [-0.4, -0.2) is 23.9 Å². The van der Waals surface area contributed by atoms with E-state index < -0.39 is 0 Å². The summed E-state index contributed by atoms with van der Waals surface area (Å²) in [5.41, 5.74) is -0.165. The maximum atomic E-state index is 13.1. The molecule has 0 spiro atoms. The van der Waals surface area contributed by atoms with Gasteiger partial charge < -0.3 is 10.6 Å². The summed E-state index contributed by atoms with van der Waals surface area (Å²) >= 11 is 0. The molecule has 4 nitrogen and oxygen atoms in total. The SMILES string of the molecule is CC(C)C(NC(=O)C12CC3CC(CC(C3)C1)C2)C(=O)NC1CC1. The molecule has 5 aliphatic rings. The lowest BCUT2D eigenvalue weighted by Crippen LogP contribution is -2.58. The molecule has 0 radical (unpaired) electrons. The fourth-order valence-electron chi connectivity index (χ4n) is 5.74. The molecule has 5 saturated carbocycles. The zero-order valence-electron chi connectivity index (χ0n) is 14.4. The molecule has 0 aromatic rings. The Morgan fingerprint density at radius 1 is 0.957 bits per heavy atom. The number of carbonyl (C=O) groups excluding carboxylic acids is 2. The zero-order chi connectivity index (χ0) is 16.2. The van der Waals surface area contributed by atoms with Gasteiger partial charge in [0.05, 0.1) is 0 Å². The van der Waals surface area contributed by atoms with Crippen LogP contribution in [-0.2, 0) is 9.59 Å². The number of hydrogen-bond donors (Lipinski definition) is 2. The summed E-state index contributed by atoms with van der Waals surface area (Å²) in [5, 5.41) is 6.22. The fourth-order valence-corrected chi connectivity index (χ4v) is 5.74. The van der Waals surface area contributed by atoms with E-state index in [1.165, 1.54) is 19.3 Å². The van der Waals surface area contributed by atoms with Gasteiger partial charge in [0.25, 0.3) is 0 Å². The van der Waals surface area contributed by atoms with Crippen LogP contribution in [0.15, 0.2) is 0 Å². The van der Waals surface area contributed by atoms with E-state index >= 15 is 0 Å². The van der Waals surface area contributed by atoms with Crippen molar-refractivity contribution in [2.45, 2.75) is 77.3 Å². The first-order chi connectivity index (χ1) is 10.9. The fraction of sp³-hybridized carbons (Fsp3) is 0.895. The molecule has 0 saturated heterocycles. The molecule has 0 aromatic heterocycles. The number of amides is 2. The third-order valence-corrected chi connectivity index (χ3v) is 6.68. The van der Waals surface area contributed by atoms with Crippen molar-refractivity contribution >= 4 is 11.8 Å². The van der Waals surface area contributed by atoms with E-state index in [4.69, 9.17) is 0 Å². The Labute approximate surface area is 139 Å². The van der Waals surface area contributed by atoms with Crippen molar-refractivity contribution in [1.82, 2.24) is 10.6 Å². The van der Waals surface area contributed by atoms with Gasteiger partial charge in [0.2, 0.25) is 11.8 Å². The van der Waals surface area contributed by atoms with Gasteiger partial charge in [0.1, 0.15) is 6.04 Å². The van der Waals surface area contributed by atoms with Gasteiger partial charge in [0.15, 0.2) is 0 Å². The predicted octanol–water partition coefficient (Wildman–Crippen LogP) is 2.62. The van der Waals surface area contributed by atoms with Crippen LogP contribution in [0.25, 0.3) is 0 Å². The van der Waals surface area contributed by atoms with Crippen LogP contribution >= 0.6 is 0 Å². The smallest absolute Gasteiger partial charge is 0.243 e. The van der Waals surface area contributed by atoms with E-state index in [2.05, 4.69) is 10.6 Å². The molecule has 0 aromatic carbocycles. The molecule has 2 amide bonds. The Balaban J connectivity index is 1.46. The Hall–Kier alpha value is -1.06. The molecule has 128 valence electrons. The third kappa shape index (κ3) is 2.89. The van der Waals surface area contributed by atoms with Crippen LogP contribution < -0.4 is 10.6 Å². The normalized spacial score (nSPS) is 39.3. The minimum Gasteiger partial charge on any atom is -0.352 e. The summed E-state index contributed by atoms with van der Waals surface area (Å²) in [5.74, 6) is 2.58. The lowest BCUT2D eigenvalue weighted by Gasteiger charge is -2.55. The van der Waals surface area contributed by atoms with Crippen LogP contribution in [0.1, 0.15) is 65.2 Å². The van der Waals surface area contributed by atoms with E-state index in [1.54, 1.807) is 0 Å².